The number of halogens is 3. The zero-order valence-corrected chi connectivity index (χ0v) is 16.7. The van der Waals surface area contributed by atoms with Crippen LogP contribution in [0.4, 0.5) is 13.2 Å². The lowest BCUT2D eigenvalue weighted by molar-refractivity contribution is -0.252. The third-order valence-corrected chi connectivity index (χ3v) is 5.12. The van der Waals surface area contributed by atoms with E-state index in [0.717, 1.165) is 11.1 Å². The Labute approximate surface area is 162 Å². The average molecular weight is 390 g/mol. The van der Waals surface area contributed by atoms with Crippen LogP contribution in [0.2, 0.25) is 0 Å². The molecule has 1 aromatic heterocycles. The van der Waals surface area contributed by atoms with Crippen LogP contribution in [-0.4, -0.2) is 20.8 Å². The van der Waals surface area contributed by atoms with Crippen molar-refractivity contribution in [1.82, 2.24) is 9.55 Å². The normalized spacial score (nSPS) is 15.0. The van der Waals surface area contributed by atoms with Crippen LogP contribution < -0.4 is 0 Å². The van der Waals surface area contributed by atoms with Gasteiger partial charge in [0.05, 0.1) is 11.0 Å². The molecule has 1 heterocycles. The summed E-state index contributed by atoms with van der Waals surface area (Å²) in [5.41, 5.74) is -0.841. The van der Waals surface area contributed by atoms with E-state index in [4.69, 9.17) is 0 Å². The predicted octanol–water partition coefficient (Wildman–Crippen LogP) is 5.46. The molecular formula is C22H25F3N2O. The third-order valence-electron chi connectivity index (χ3n) is 5.12. The lowest BCUT2D eigenvalue weighted by Crippen LogP contribution is -2.45. The van der Waals surface area contributed by atoms with Crippen molar-refractivity contribution in [3.05, 3.63) is 65.0 Å². The number of hydrogen-bond acceptors (Lipinski definition) is 2. The molecule has 0 fully saturated rings. The monoisotopic (exact) mass is 390 g/mol. The molecule has 3 aromatic rings. The molecule has 0 amide bonds. The number of aromatic nitrogens is 2. The zero-order chi connectivity index (χ0) is 20.9. The van der Waals surface area contributed by atoms with Crippen molar-refractivity contribution in [2.45, 2.75) is 58.4 Å². The van der Waals surface area contributed by atoms with Crippen LogP contribution in [0.25, 0.3) is 11.0 Å². The van der Waals surface area contributed by atoms with E-state index in [9.17, 15) is 18.3 Å². The summed E-state index contributed by atoms with van der Waals surface area (Å²) in [7, 11) is 0. The van der Waals surface area contributed by atoms with Gasteiger partial charge in [-0.2, -0.15) is 13.2 Å². The van der Waals surface area contributed by atoms with Crippen LogP contribution in [0.3, 0.4) is 0 Å². The number of aliphatic hydroxyl groups is 1. The molecule has 0 saturated heterocycles. The van der Waals surface area contributed by atoms with Gasteiger partial charge in [-0.05, 0) is 42.5 Å². The number of imidazole rings is 1. The summed E-state index contributed by atoms with van der Waals surface area (Å²) in [5.74, 6) is -0.411. The topological polar surface area (TPSA) is 38.0 Å². The van der Waals surface area contributed by atoms with Crippen LogP contribution in [0.15, 0.2) is 42.5 Å². The van der Waals surface area contributed by atoms with Crippen LogP contribution in [0.1, 0.15) is 50.2 Å². The smallest absolute Gasteiger partial charge is 0.370 e. The molecule has 28 heavy (non-hydrogen) atoms. The Balaban J connectivity index is 2.28. The van der Waals surface area contributed by atoms with Gasteiger partial charge in [0.2, 0.25) is 5.60 Å². The highest BCUT2D eigenvalue weighted by atomic mass is 19.4. The molecule has 150 valence electrons. The number of alkyl halides is 3. The van der Waals surface area contributed by atoms with Crippen molar-refractivity contribution in [3.8, 4) is 0 Å². The molecule has 0 saturated carbocycles. The van der Waals surface area contributed by atoms with Crippen LogP contribution >= 0.6 is 0 Å². The molecule has 3 rings (SSSR count). The molecular weight excluding hydrogens is 365 g/mol. The van der Waals surface area contributed by atoms with E-state index in [0.29, 0.717) is 11.0 Å². The molecule has 6 heteroatoms. The van der Waals surface area contributed by atoms with Gasteiger partial charge in [0.1, 0.15) is 0 Å². The average Bonchev–Trinajstić information content (AvgIpc) is 2.97. The summed E-state index contributed by atoms with van der Waals surface area (Å²) in [6.07, 6.45) is -4.93. The highest BCUT2D eigenvalue weighted by Crippen LogP contribution is 2.45. The van der Waals surface area contributed by atoms with E-state index in [1.165, 1.54) is 16.7 Å². The minimum absolute atomic E-state index is 0.205. The van der Waals surface area contributed by atoms with E-state index >= 15 is 0 Å². The first kappa shape index (κ1) is 20.4. The fourth-order valence-corrected chi connectivity index (χ4v) is 3.46. The van der Waals surface area contributed by atoms with Crippen molar-refractivity contribution in [3.63, 3.8) is 0 Å². The molecule has 0 aliphatic carbocycles. The third kappa shape index (κ3) is 3.20. The van der Waals surface area contributed by atoms with Crippen molar-refractivity contribution in [2.24, 2.45) is 0 Å². The second-order valence-electron chi connectivity index (χ2n) is 8.21. The number of nitrogens with zero attached hydrogens (tertiary/aromatic N) is 2. The largest absolute Gasteiger partial charge is 0.428 e. The van der Waals surface area contributed by atoms with E-state index < -0.39 is 17.6 Å². The summed E-state index contributed by atoms with van der Waals surface area (Å²) in [6.45, 7) is 9.82. The second-order valence-corrected chi connectivity index (χ2v) is 8.21. The van der Waals surface area contributed by atoms with Gasteiger partial charge >= 0.3 is 6.18 Å². The Kier molecular flexibility index (Phi) is 4.82. The molecule has 1 unspecified atom stereocenters. The van der Waals surface area contributed by atoms with Gasteiger partial charge in [0, 0.05) is 12.1 Å². The summed E-state index contributed by atoms with van der Waals surface area (Å²) in [4.78, 5) is 4.20. The van der Waals surface area contributed by atoms with Gasteiger partial charge in [-0.15, -0.1) is 0 Å². The predicted molar refractivity (Wildman–Crippen MR) is 104 cm³/mol. The fourth-order valence-electron chi connectivity index (χ4n) is 3.46. The van der Waals surface area contributed by atoms with Crippen molar-refractivity contribution in [2.75, 3.05) is 0 Å². The molecule has 0 spiro atoms. The maximum absolute atomic E-state index is 14.2. The highest BCUT2D eigenvalue weighted by Gasteiger charge is 2.59. The number of rotatable bonds is 3. The first-order chi connectivity index (χ1) is 12.9. The molecule has 1 atom stereocenters. The zero-order valence-electron chi connectivity index (χ0n) is 16.7. The Morgan fingerprint density at radius 1 is 0.964 bits per heavy atom. The maximum atomic E-state index is 14.2. The lowest BCUT2D eigenvalue weighted by atomic mass is 9.84. The number of hydrogen-bond donors (Lipinski definition) is 1. The molecule has 0 aliphatic heterocycles. The second kappa shape index (κ2) is 6.62. The van der Waals surface area contributed by atoms with Gasteiger partial charge in [0.15, 0.2) is 5.82 Å². The summed E-state index contributed by atoms with van der Waals surface area (Å²) in [6, 6.07) is 11.2. The van der Waals surface area contributed by atoms with Crippen LogP contribution in [-0.2, 0) is 17.6 Å². The minimum atomic E-state index is -4.93. The van der Waals surface area contributed by atoms with Crippen LogP contribution in [0.5, 0.6) is 0 Å². The molecule has 0 bridgehead atoms. The van der Waals surface area contributed by atoms with Gasteiger partial charge < -0.3 is 9.67 Å². The Hall–Kier alpha value is -2.34. The SMILES string of the molecule is CCn1c(C(O)(c2ccc(C(C)(C)C)cc2)C(F)(F)F)nc2ccc(C)cc21. The minimum Gasteiger partial charge on any atom is -0.370 e. The highest BCUT2D eigenvalue weighted by molar-refractivity contribution is 5.77. The van der Waals surface area contributed by atoms with Gasteiger partial charge in [-0.3, -0.25) is 0 Å². The van der Waals surface area contributed by atoms with Gasteiger partial charge in [0.25, 0.3) is 0 Å². The van der Waals surface area contributed by atoms with E-state index in [-0.39, 0.29) is 17.5 Å². The Morgan fingerprint density at radius 3 is 2.04 bits per heavy atom. The summed E-state index contributed by atoms with van der Waals surface area (Å²) < 4.78 is 44.1. The van der Waals surface area contributed by atoms with E-state index in [1.807, 2.05) is 27.7 Å². The quantitative estimate of drug-likeness (QED) is 0.645. The van der Waals surface area contributed by atoms with E-state index in [1.54, 1.807) is 37.3 Å². The first-order valence-corrected chi connectivity index (χ1v) is 9.27. The van der Waals surface area contributed by atoms with Gasteiger partial charge in [-0.1, -0.05) is 51.1 Å². The summed E-state index contributed by atoms with van der Waals surface area (Å²) >= 11 is 0. The standard InChI is InChI=1S/C22H25F3N2O/c1-6-27-18-13-14(2)7-12-17(18)26-19(27)21(28,22(23,24)25)16-10-8-15(9-11-16)20(3,4)5/h7-13,28H,6H2,1-5H3. The summed E-state index contributed by atoms with van der Waals surface area (Å²) in [5, 5.41) is 11.1. The van der Waals surface area contributed by atoms with Crippen molar-refractivity contribution >= 4 is 11.0 Å². The van der Waals surface area contributed by atoms with Crippen molar-refractivity contribution in [1.29, 1.82) is 0 Å². The van der Waals surface area contributed by atoms with E-state index in [2.05, 4.69) is 4.98 Å². The molecule has 0 aliphatic rings. The number of benzene rings is 2. The van der Waals surface area contributed by atoms with Crippen molar-refractivity contribution < 1.29 is 18.3 Å². The first-order valence-electron chi connectivity index (χ1n) is 9.27. The molecule has 0 radical (unpaired) electrons. The molecule has 1 N–H and O–H groups in total. The number of aryl methyl sites for hydroxylation is 2. The fraction of sp³-hybridized carbons (Fsp3) is 0.409. The van der Waals surface area contributed by atoms with Crippen LogP contribution in [0, 0.1) is 6.92 Å². The van der Waals surface area contributed by atoms with Gasteiger partial charge in [-0.25, -0.2) is 4.98 Å². The maximum Gasteiger partial charge on any atom is 0.428 e. The Bertz CT molecular complexity index is 998. The Morgan fingerprint density at radius 2 is 1.54 bits per heavy atom. The molecule has 2 aromatic carbocycles. The lowest BCUT2D eigenvalue weighted by Gasteiger charge is -2.31. The molecule has 3 nitrogen and oxygen atoms in total. The number of fused-ring (bicyclic) bond motifs is 1.